The number of rotatable bonds is 6. The molecule has 1 aliphatic heterocycles. The average molecular weight is 419 g/mol. The van der Waals surface area contributed by atoms with Crippen LogP contribution in [0.5, 0.6) is 0 Å². The van der Waals surface area contributed by atoms with Gasteiger partial charge in [-0.2, -0.15) is 4.31 Å². The van der Waals surface area contributed by atoms with Crippen molar-refractivity contribution in [3.63, 3.8) is 0 Å². The fourth-order valence-electron chi connectivity index (χ4n) is 3.21. The molecule has 0 spiro atoms. The van der Waals surface area contributed by atoms with Crippen LogP contribution < -0.4 is 10.4 Å². The predicted octanol–water partition coefficient (Wildman–Crippen LogP) is 2.00. The molecule has 0 saturated carbocycles. The second kappa shape index (κ2) is 9.17. The minimum atomic E-state index is -3.50. The van der Waals surface area contributed by atoms with Gasteiger partial charge in [-0.1, -0.05) is 30.3 Å². The number of sulfonamides is 1. The first-order chi connectivity index (χ1) is 13.9. The molecule has 29 heavy (non-hydrogen) atoms. The summed E-state index contributed by atoms with van der Waals surface area (Å²) in [4.78, 5) is 13.3. The molecule has 0 bridgehead atoms. The molecule has 0 aliphatic carbocycles. The van der Waals surface area contributed by atoms with Gasteiger partial charge in [0, 0.05) is 37.9 Å². The molecule has 7 nitrogen and oxygen atoms in total. The smallest absolute Gasteiger partial charge is 0.267 e. The number of carbonyl (C=O) groups excluding carboxylic acids is 1. The highest BCUT2D eigenvalue weighted by atomic mass is 32.2. The molecule has 0 atom stereocenters. The lowest BCUT2D eigenvalue weighted by molar-refractivity contribution is -0.124. The van der Waals surface area contributed by atoms with Crippen LogP contribution in [0.25, 0.3) is 6.08 Å². The van der Waals surface area contributed by atoms with Crippen LogP contribution in [0.2, 0.25) is 0 Å². The van der Waals surface area contributed by atoms with E-state index in [4.69, 9.17) is 5.21 Å². The van der Waals surface area contributed by atoms with Crippen LogP contribution in [0.15, 0.2) is 54.6 Å². The molecule has 2 aromatic rings. The molecular formula is C20H22FN3O4S. The summed E-state index contributed by atoms with van der Waals surface area (Å²) >= 11 is 0. The number of nitrogens with one attached hydrogen (secondary N) is 1. The van der Waals surface area contributed by atoms with Crippen LogP contribution >= 0.6 is 0 Å². The van der Waals surface area contributed by atoms with E-state index >= 15 is 0 Å². The van der Waals surface area contributed by atoms with Gasteiger partial charge in [-0.25, -0.2) is 18.3 Å². The molecule has 154 valence electrons. The van der Waals surface area contributed by atoms with Crippen LogP contribution in [0.4, 0.5) is 10.1 Å². The average Bonchev–Trinajstić information content (AvgIpc) is 2.74. The van der Waals surface area contributed by atoms with E-state index in [1.165, 1.54) is 34.6 Å². The molecule has 0 unspecified atom stereocenters. The van der Waals surface area contributed by atoms with Crippen molar-refractivity contribution in [3.8, 4) is 0 Å². The Morgan fingerprint density at radius 2 is 1.72 bits per heavy atom. The number of piperazine rings is 1. The van der Waals surface area contributed by atoms with Gasteiger partial charge in [0.05, 0.1) is 5.75 Å². The maximum atomic E-state index is 13.0. The quantitative estimate of drug-likeness (QED) is 0.425. The van der Waals surface area contributed by atoms with Gasteiger partial charge in [-0.3, -0.25) is 10.0 Å². The van der Waals surface area contributed by atoms with Crippen molar-refractivity contribution in [2.45, 2.75) is 5.75 Å². The Hall–Kier alpha value is -2.75. The van der Waals surface area contributed by atoms with E-state index in [9.17, 15) is 17.6 Å². The molecule has 2 aromatic carbocycles. The molecule has 0 aromatic heterocycles. The second-order valence-electron chi connectivity index (χ2n) is 6.64. The number of anilines is 1. The normalized spacial score (nSPS) is 15.6. The molecule has 1 amide bonds. The predicted molar refractivity (Wildman–Crippen MR) is 108 cm³/mol. The Morgan fingerprint density at radius 3 is 2.38 bits per heavy atom. The standard InChI is InChI=1S/C20H22FN3O4S/c21-18-8-5-16(6-9-18)15-29(27,28)24-13-11-23(12-14-24)19-4-2-1-3-17(19)7-10-20(25)22-26/h1-10,26H,11-15H2,(H,22,25). The summed E-state index contributed by atoms with van der Waals surface area (Å²) in [7, 11) is -3.50. The summed E-state index contributed by atoms with van der Waals surface area (Å²) < 4.78 is 39.9. The Bertz CT molecular complexity index is 985. The highest BCUT2D eigenvalue weighted by Crippen LogP contribution is 2.24. The second-order valence-corrected chi connectivity index (χ2v) is 8.61. The number of nitrogens with zero attached hydrogens (tertiary/aromatic N) is 2. The molecule has 1 fully saturated rings. The van der Waals surface area contributed by atoms with E-state index in [0.717, 1.165) is 11.3 Å². The van der Waals surface area contributed by atoms with Crippen LogP contribution in [-0.4, -0.2) is 50.0 Å². The van der Waals surface area contributed by atoms with Crippen molar-refractivity contribution in [2.75, 3.05) is 31.1 Å². The van der Waals surface area contributed by atoms with Gasteiger partial charge in [0.15, 0.2) is 0 Å². The highest BCUT2D eigenvalue weighted by molar-refractivity contribution is 7.88. The summed E-state index contributed by atoms with van der Waals surface area (Å²) in [6.45, 7) is 1.66. The number of benzene rings is 2. The van der Waals surface area contributed by atoms with Crippen molar-refractivity contribution in [3.05, 3.63) is 71.6 Å². The SMILES string of the molecule is O=C(C=Cc1ccccc1N1CCN(S(=O)(=O)Cc2ccc(F)cc2)CC1)NO. The third-order valence-electron chi connectivity index (χ3n) is 4.70. The van der Waals surface area contributed by atoms with E-state index in [1.54, 1.807) is 11.6 Å². The van der Waals surface area contributed by atoms with E-state index in [0.29, 0.717) is 31.7 Å². The minimum absolute atomic E-state index is 0.164. The summed E-state index contributed by atoms with van der Waals surface area (Å²) in [6, 6.07) is 12.9. The first-order valence-electron chi connectivity index (χ1n) is 9.07. The van der Waals surface area contributed by atoms with E-state index in [-0.39, 0.29) is 5.75 Å². The van der Waals surface area contributed by atoms with E-state index in [1.807, 2.05) is 24.3 Å². The van der Waals surface area contributed by atoms with Crippen molar-refractivity contribution in [1.29, 1.82) is 0 Å². The third kappa shape index (κ3) is 5.41. The van der Waals surface area contributed by atoms with Crippen molar-refractivity contribution in [2.24, 2.45) is 0 Å². The van der Waals surface area contributed by atoms with Gasteiger partial charge in [-0.15, -0.1) is 0 Å². The minimum Gasteiger partial charge on any atom is -0.368 e. The number of carbonyl (C=O) groups is 1. The van der Waals surface area contributed by atoms with Crippen molar-refractivity contribution < 1.29 is 22.8 Å². The highest BCUT2D eigenvalue weighted by Gasteiger charge is 2.27. The number of para-hydroxylation sites is 1. The van der Waals surface area contributed by atoms with Gasteiger partial charge in [-0.05, 0) is 35.4 Å². The zero-order chi connectivity index (χ0) is 20.9. The van der Waals surface area contributed by atoms with E-state index < -0.39 is 21.7 Å². The van der Waals surface area contributed by atoms with Gasteiger partial charge < -0.3 is 4.90 Å². The molecule has 9 heteroatoms. The van der Waals surface area contributed by atoms with Gasteiger partial charge in [0.2, 0.25) is 10.0 Å². The van der Waals surface area contributed by atoms with Gasteiger partial charge in [0.25, 0.3) is 5.91 Å². The Balaban J connectivity index is 1.67. The van der Waals surface area contributed by atoms with Crippen LogP contribution in [0, 0.1) is 5.82 Å². The number of hydroxylamine groups is 1. The molecule has 2 N–H and O–H groups in total. The molecule has 0 radical (unpaired) electrons. The topological polar surface area (TPSA) is 90.0 Å². The fraction of sp³-hybridized carbons (Fsp3) is 0.250. The first kappa shape index (κ1) is 21.0. The molecule has 1 aliphatic rings. The molecule has 3 rings (SSSR count). The Kier molecular flexibility index (Phi) is 6.63. The summed E-state index contributed by atoms with van der Waals surface area (Å²) in [5, 5.41) is 8.61. The zero-order valence-electron chi connectivity index (χ0n) is 15.7. The summed E-state index contributed by atoms with van der Waals surface area (Å²) in [5.74, 6) is -1.19. The molecular weight excluding hydrogens is 397 g/mol. The van der Waals surface area contributed by atoms with Crippen LogP contribution in [0.3, 0.4) is 0 Å². The number of hydrogen-bond acceptors (Lipinski definition) is 5. The lowest BCUT2D eigenvalue weighted by atomic mass is 10.1. The number of hydrogen-bond donors (Lipinski definition) is 2. The van der Waals surface area contributed by atoms with Crippen LogP contribution in [0.1, 0.15) is 11.1 Å². The lowest BCUT2D eigenvalue weighted by Gasteiger charge is -2.36. The molecule has 1 heterocycles. The fourth-order valence-corrected chi connectivity index (χ4v) is 4.72. The van der Waals surface area contributed by atoms with Crippen LogP contribution in [-0.2, 0) is 20.6 Å². The van der Waals surface area contributed by atoms with Crippen molar-refractivity contribution in [1.82, 2.24) is 9.79 Å². The third-order valence-corrected chi connectivity index (χ3v) is 6.55. The van der Waals surface area contributed by atoms with Gasteiger partial charge >= 0.3 is 0 Å². The van der Waals surface area contributed by atoms with E-state index in [2.05, 4.69) is 4.90 Å². The first-order valence-corrected chi connectivity index (χ1v) is 10.7. The maximum absolute atomic E-state index is 13.0. The summed E-state index contributed by atoms with van der Waals surface area (Å²) in [6.07, 6.45) is 2.82. The summed E-state index contributed by atoms with van der Waals surface area (Å²) in [5.41, 5.74) is 3.76. The molecule has 1 saturated heterocycles. The maximum Gasteiger partial charge on any atom is 0.267 e. The Morgan fingerprint density at radius 1 is 1.07 bits per heavy atom. The number of halogens is 1. The largest absolute Gasteiger partial charge is 0.368 e. The van der Waals surface area contributed by atoms with Gasteiger partial charge in [0.1, 0.15) is 5.82 Å². The van der Waals surface area contributed by atoms with Crippen molar-refractivity contribution >= 4 is 27.7 Å². The monoisotopic (exact) mass is 419 g/mol. The Labute approximate surface area is 169 Å². The lowest BCUT2D eigenvalue weighted by Crippen LogP contribution is -2.49. The number of amides is 1. The zero-order valence-corrected chi connectivity index (χ0v) is 16.5.